The molecule has 1 fully saturated rings. The predicted molar refractivity (Wildman–Crippen MR) is 113 cm³/mol. The predicted octanol–water partition coefficient (Wildman–Crippen LogP) is 2.50. The van der Waals surface area contributed by atoms with E-state index in [0.717, 1.165) is 43.5 Å². The van der Waals surface area contributed by atoms with Gasteiger partial charge in [0.2, 0.25) is 0 Å². The number of aryl methyl sites for hydroxylation is 1. The summed E-state index contributed by atoms with van der Waals surface area (Å²) in [5.74, 6) is 0.215. The van der Waals surface area contributed by atoms with E-state index in [0.29, 0.717) is 18.8 Å². The van der Waals surface area contributed by atoms with E-state index in [1.165, 1.54) is 16.4 Å². The zero-order valence-electron chi connectivity index (χ0n) is 16.7. The summed E-state index contributed by atoms with van der Waals surface area (Å²) in [7, 11) is -3.66. The van der Waals surface area contributed by atoms with Crippen LogP contribution in [0.3, 0.4) is 0 Å². The van der Waals surface area contributed by atoms with Gasteiger partial charge < -0.3 is 14.8 Å². The molecule has 0 unspecified atom stereocenters. The lowest BCUT2D eigenvalue weighted by molar-refractivity contribution is -0.123. The molecule has 30 heavy (non-hydrogen) atoms. The van der Waals surface area contributed by atoms with E-state index in [1.807, 2.05) is 24.3 Å². The molecule has 1 amide bonds. The van der Waals surface area contributed by atoms with Crippen molar-refractivity contribution in [3.8, 4) is 5.75 Å². The van der Waals surface area contributed by atoms with E-state index in [9.17, 15) is 13.2 Å². The van der Waals surface area contributed by atoms with Crippen LogP contribution < -0.4 is 14.4 Å². The second kappa shape index (κ2) is 9.06. The highest BCUT2D eigenvalue weighted by molar-refractivity contribution is 7.92. The van der Waals surface area contributed by atoms with E-state index in [-0.39, 0.29) is 23.5 Å². The molecule has 0 aromatic heterocycles. The molecule has 8 heteroatoms. The van der Waals surface area contributed by atoms with Gasteiger partial charge in [-0.25, -0.2) is 8.42 Å². The van der Waals surface area contributed by atoms with Crippen molar-refractivity contribution < 1.29 is 22.7 Å². The SMILES string of the molecule is O=C(COc1ccc(S(=O)(=O)N2CCCc3ccccc32)cc1)NC[C@@H]1CCCO1. The van der Waals surface area contributed by atoms with Crippen LogP contribution >= 0.6 is 0 Å². The minimum absolute atomic E-state index is 0.0818. The minimum atomic E-state index is -3.66. The van der Waals surface area contributed by atoms with Crippen LogP contribution in [0.5, 0.6) is 5.75 Å². The number of para-hydroxylation sites is 1. The van der Waals surface area contributed by atoms with Crippen LogP contribution in [0.4, 0.5) is 5.69 Å². The van der Waals surface area contributed by atoms with Gasteiger partial charge in [-0.15, -0.1) is 0 Å². The van der Waals surface area contributed by atoms with Crippen LogP contribution in [-0.4, -0.2) is 46.7 Å². The number of ether oxygens (including phenoxy) is 2. The van der Waals surface area contributed by atoms with Crippen molar-refractivity contribution in [3.05, 3.63) is 54.1 Å². The highest BCUT2D eigenvalue weighted by Crippen LogP contribution is 2.32. The summed E-state index contributed by atoms with van der Waals surface area (Å²) < 4.78 is 38.7. The lowest BCUT2D eigenvalue weighted by Crippen LogP contribution is -2.35. The quantitative estimate of drug-likeness (QED) is 0.730. The van der Waals surface area contributed by atoms with Gasteiger partial charge >= 0.3 is 0 Å². The van der Waals surface area contributed by atoms with E-state index < -0.39 is 10.0 Å². The fourth-order valence-electron chi connectivity index (χ4n) is 3.82. The van der Waals surface area contributed by atoms with Gasteiger partial charge in [0.15, 0.2) is 6.61 Å². The average Bonchev–Trinajstić information content (AvgIpc) is 3.30. The van der Waals surface area contributed by atoms with E-state index in [4.69, 9.17) is 9.47 Å². The normalized spacial score (nSPS) is 18.7. The summed E-state index contributed by atoms with van der Waals surface area (Å²) in [5.41, 5.74) is 1.79. The number of sulfonamides is 1. The minimum Gasteiger partial charge on any atom is -0.484 e. The van der Waals surface area contributed by atoms with E-state index in [2.05, 4.69) is 5.32 Å². The molecular formula is C22H26N2O5S. The molecule has 2 aromatic rings. The molecular weight excluding hydrogens is 404 g/mol. The Morgan fingerprint density at radius 2 is 1.93 bits per heavy atom. The lowest BCUT2D eigenvalue weighted by Gasteiger charge is -2.30. The largest absolute Gasteiger partial charge is 0.484 e. The van der Waals surface area contributed by atoms with Crippen LogP contribution in [0.15, 0.2) is 53.4 Å². The second-order valence-corrected chi connectivity index (χ2v) is 9.37. The molecule has 1 saturated heterocycles. The third-order valence-electron chi connectivity index (χ3n) is 5.40. The number of anilines is 1. The molecule has 7 nitrogen and oxygen atoms in total. The third-order valence-corrected chi connectivity index (χ3v) is 7.23. The third kappa shape index (κ3) is 4.60. The van der Waals surface area contributed by atoms with Crippen LogP contribution in [0.1, 0.15) is 24.8 Å². The number of carbonyl (C=O) groups excluding carboxylic acids is 1. The van der Waals surface area contributed by atoms with Gasteiger partial charge in [0, 0.05) is 19.7 Å². The number of hydrogen-bond acceptors (Lipinski definition) is 5. The monoisotopic (exact) mass is 430 g/mol. The van der Waals surface area contributed by atoms with Gasteiger partial charge in [0.05, 0.1) is 16.7 Å². The van der Waals surface area contributed by atoms with Crippen LogP contribution in [0, 0.1) is 0 Å². The Bertz CT molecular complexity index is 985. The van der Waals surface area contributed by atoms with Crippen molar-refractivity contribution in [1.82, 2.24) is 5.32 Å². The molecule has 2 aromatic carbocycles. The zero-order chi connectivity index (χ0) is 21.0. The van der Waals surface area contributed by atoms with Crippen molar-refractivity contribution in [1.29, 1.82) is 0 Å². The van der Waals surface area contributed by atoms with Gasteiger partial charge in [-0.2, -0.15) is 0 Å². The molecule has 160 valence electrons. The molecule has 0 spiro atoms. The topological polar surface area (TPSA) is 84.9 Å². The maximum Gasteiger partial charge on any atom is 0.264 e. The molecule has 4 rings (SSSR count). The Hall–Kier alpha value is -2.58. The summed E-state index contributed by atoms with van der Waals surface area (Å²) in [5, 5.41) is 2.79. The number of benzene rings is 2. The molecule has 2 heterocycles. The number of hydrogen-bond donors (Lipinski definition) is 1. The first-order valence-corrected chi connectivity index (χ1v) is 11.7. The van der Waals surface area contributed by atoms with Crippen LogP contribution in [0.2, 0.25) is 0 Å². The number of amides is 1. The molecule has 0 radical (unpaired) electrons. The molecule has 2 aliphatic rings. The maximum atomic E-state index is 13.1. The fourth-order valence-corrected chi connectivity index (χ4v) is 5.36. The van der Waals surface area contributed by atoms with E-state index >= 15 is 0 Å². The summed E-state index contributed by atoms with van der Waals surface area (Å²) in [4.78, 5) is 12.1. The first-order valence-electron chi connectivity index (χ1n) is 10.3. The summed E-state index contributed by atoms with van der Waals surface area (Å²) >= 11 is 0. The summed E-state index contributed by atoms with van der Waals surface area (Å²) in [6.07, 6.45) is 3.73. The van der Waals surface area contributed by atoms with Crippen molar-refractivity contribution in [2.75, 3.05) is 30.6 Å². The fraction of sp³-hybridized carbons (Fsp3) is 0.409. The van der Waals surface area contributed by atoms with Gasteiger partial charge in [-0.05, 0) is 61.6 Å². The first-order chi connectivity index (χ1) is 14.5. The zero-order valence-corrected chi connectivity index (χ0v) is 17.6. The summed E-state index contributed by atoms with van der Waals surface area (Å²) in [6.45, 7) is 1.56. The number of nitrogens with zero attached hydrogens (tertiary/aromatic N) is 1. The van der Waals surface area contributed by atoms with Gasteiger partial charge in [-0.1, -0.05) is 18.2 Å². The Morgan fingerprint density at radius 3 is 2.70 bits per heavy atom. The molecule has 0 aliphatic carbocycles. The standard InChI is InChI=1S/C22H26N2O5S/c25-22(23-15-19-7-4-14-28-19)16-29-18-9-11-20(12-10-18)30(26,27)24-13-3-6-17-5-1-2-8-21(17)24/h1-2,5,8-12,19H,3-4,6-7,13-16H2,(H,23,25)/t19-/m0/s1. The van der Waals surface area contributed by atoms with Crippen molar-refractivity contribution >= 4 is 21.6 Å². The molecule has 1 atom stereocenters. The highest BCUT2D eigenvalue weighted by atomic mass is 32.2. The number of nitrogens with one attached hydrogen (secondary N) is 1. The smallest absolute Gasteiger partial charge is 0.264 e. The average molecular weight is 431 g/mol. The number of fused-ring (bicyclic) bond motifs is 1. The Labute approximate surface area is 177 Å². The summed E-state index contributed by atoms with van der Waals surface area (Å²) in [6, 6.07) is 13.8. The number of carbonyl (C=O) groups is 1. The second-order valence-electron chi connectivity index (χ2n) is 7.51. The molecule has 0 bridgehead atoms. The Kier molecular flexibility index (Phi) is 6.24. The van der Waals surface area contributed by atoms with Gasteiger partial charge in [-0.3, -0.25) is 9.10 Å². The molecule has 2 aliphatic heterocycles. The van der Waals surface area contributed by atoms with Gasteiger partial charge in [0.1, 0.15) is 5.75 Å². The first kappa shape index (κ1) is 20.7. The van der Waals surface area contributed by atoms with Crippen LogP contribution in [0.25, 0.3) is 0 Å². The van der Waals surface area contributed by atoms with Crippen molar-refractivity contribution in [2.24, 2.45) is 0 Å². The lowest BCUT2D eigenvalue weighted by atomic mass is 10.0. The van der Waals surface area contributed by atoms with Crippen molar-refractivity contribution in [2.45, 2.75) is 36.7 Å². The molecule has 0 saturated carbocycles. The Morgan fingerprint density at radius 1 is 1.13 bits per heavy atom. The number of rotatable bonds is 7. The van der Waals surface area contributed by atoms with Crippen molar-refractivity contribution in [3.63, 3.8) is 0 Å². The Balaban J connectivity index is 1.36. The van der Waals surface area contributed by atoms with Gasteiger partial charge in [0.25, 0.3) is 15.9 Å². The maximum absolute atomic E-state index is 13.1. The highest BCUT2D eigenvalue weighted by Gasteiger charge is 2.28. The van der Waals surface area contributed by atoms with Crippen LogP contribution in [-0.2, 0) is 26.0 Å². The van der Waals surface area contributed by atoms with E-state index in [1.54, 1.807) is 12.1 Å². The molecule has 1 N–H and O–H groups in total.